The van der Waals surface area contributed by atoms with Gasteiger partial charge in [-0.2, -0.15) is 0 Å². The van der Waals surface area contributed by atoms with Gasteiger partial charge in [-0.05, 0) is 31.8 Å². The van der Waals surface area contributed by atoms with Crippen molar-refractivity contribution in [2.24, 2.45) is 0 Å². The Balaban J connectivity index is 2.03. The molecule has 0 aliphatic heterocycles. The van der Waals surface area contributed by atoms with E-state index in [0.29, 0.717) is 6.54 Å². The lowest BCUT2D eigenvalue weighted by Gasteiger charge is -2.04. The van der Waals surface area contributed by atoms with Gasteiger partial charge < -0.3 is 19.8 Å². The molecule has 0 saturated carbocycles. The van der Waals surface area contributed by atoms with Crippen LogP contribution >= 0.6 is 0 Å². The quantitative estimate of drug-likeness (QED) is 0.635. The van der Waals surface area contributed by atoms with E-state index >= 15 is 0 Å². The molecule has 116 valence electrons. The minimum absolute atomic E-state index is 0.231. The number of hydrogen-bond donors (Lipinski definition) is 2. The van der Waals surface area contributed by atoms with Crippen molar-refractivity contribution in [1.29, 1.82) is 0 Å². The first kappa shape index (κ1) is 15.8. The second kappa shape index (κ2) is 7.41. The molecule has 1 heterocycles. The molecule has 2 rings (SSSR count). The van der Waals surface area contributed by atoms with Crippen molar-refractivity contribution in [3.63, 3.8) is 0 Å². The van der Waals surface area contributed by atoms with Crippen LogP contribution in [0.2, 0.25) is 0 Å². The van der Waals surface area contributed by atoms with E-state index in [1.165, 1.54) is 0 Å². The number of benzene rings is 1. The van der Waals surface area contributed by atoms with Crippen LogP contribution in [0.4, 0.5) is 0 Å². The molecule has 5 nitrogen and oxygen atoms in total. The number of aryl methyl sites for hydroxylation is 1. The number of ether oxygens (including phenoxy) is 2. The van der Waals surface area contributed by atoms with Crippen LogP contribution in [0.5, 0.6) is 11.5 Å². The molecule has 2 aromatic rings. The van der Waals surface area contributed by atoms with Crippen LogP contribution in [0.25, 0.3) is 10.9 Å². The van der Waals surface area contributed by atoms with Crippen molar-refractivity contribution in [3.05, 3.63) is 23.9 Å². The van der Waals surface area contributed by atoms with Crippen molar-refractivity contribution in [1.82, 2.24) is 10.3 Å². The molecule has 0 bridgehead atoms. The second-order valence-electron chi connectivity index (χ2n) is 4.82. The average molecular weight is 300 g/mol. The van der Waals surface area contributed by atoms with Crippen molar-refractivity contribution in [3.8, 4) is 23.3 Å². The number of rotatable bonds is 6. The van der Waals surface area contributed by atoms with Gasteiger partial charge in [0.1, 0.15) is 11.5 Å². The summed E-state index contributed by atoms with van der Waals surface area (Å²) in [7, 11) is 3.28. The van der Waals surface area contributed by atoms with E-state index in [4.69, 9.17) is 9.47 Å². The molecule has 0 spiro atoms. The lowest BCUT2D eigenvalue weighted by Crippen LogP contribution is -2.22. The fourth-order valence-corrected chi connectivity index (χ4v) is 2.30. The van der Waals surface area contributed by atoms with Crippen LogP contribution < -0.4 is 14.8 Å². The Labute approximate surface area is 130 Å². The van der Waals surface area contributed by atoms with Crippen LogP contribution in [0.15, 0.2) is 18.2 Å². The summed E-state index contributed by atoms with van der Waals surface area (Å²) in [6.07, 6.45) is 1.67. The van der Waals surface area contributed by atoms with Crippen molar-refractivity contribution in [2.45, 2.75) is 19.8 Å². The number of aromatic amines is 1. The largest absolute Gasteiger partial charge is 0.497 e. The van der Waals surface area contributed by atoms with Gasteiger partial charge >= 0.3 is 0 Å². The average Bonchev–Trinajstić information content (AvgIpc) is 2.93. The van der Waals surface area contributed by atoms with Gasteiger partial charge in [0.25, 0.3) is 5.91 Å². The summed E-state index contributed by atoms with van der Waals surface area (Å²) < 4.78 is 10.7. The number of methoxy groups -OCH3 is 2. The van der Waals surface area contributed by atoms with E-state index in [-0.39, 0.29) is 5.91 Å². The molecular formula is C17H20N2O3. The predicted octanol–water partition coefficient (Wildman–Crippen LogP) is 2.26. The maximum Gasteiger partial charge on any atom is 0.295 e. The molecule has 1 aromatic heterocycles. The minimum atomic E-state index is -0.231. The van der Waals surface area contributed by atoms with E-state index < -0.39 is 0 Å². The molecule has 0 atom stereocenters. The standard InChI is InChI=1S/C17H20N2O3/c1-4-6-17(20)18-8-5-7-12-9-14-15(19-12)10-13(21-2)11-16(14)22-3/h9-11,19H,5,7-8H2,1-3H3,(H,18,20). The number of fused-ring (bicyclic) bond motifs is 1. The fraction of sp³-hybridized carbons (Fsp3) is 0.353. The number of hydrogen-bond acceptors (Lipinski definition) is 3. The van der Waals surface area contributed by atoms with Gasteiger partial charge in [-0.15, -0.1) is 0 Å². The first-order valence-electron chi connectivity index (χ1n) is 7.12. The lowest BCUT2D eigenvalue weighted by atomic mass is 10.2. The topological polar surface area (TPSA) is 63.4 Å². The maximum absolute atomic E-state index is 11.2. The zero-order valence-electron chi connectivity index (χ0n) is 13.1. The summed E-state index contributed by atoms with van der Waals surface area (Å²) in [5, 5.41) is 3.78. The molecule has 1 aromatic carbocycles. The number of H-pyrrole nitrogens is 1. The zero-order chi connectivity index (χ0) is 15.9. The Morgan fingerprint density at radius 3 is 2.77 bits per heavy atom. The van der Waals surface area contributed by atoms with E-state index in [1.54, 1.807) is 21.1 Å². The van der Waals surface area contributed by atoms with Crippen molar-refractivity contribution >= 4 is 16.8 Å². The van der Waals surface area contributed by atoms with E-state index in [9.17, 15) is 4.79 Å². The van der Waals surface area contributed by atoms with E-state index in [2.05, 4.69) is 28.2 Å². The summed E-state index contributed by atoms with van der Waals surface area (Å²) >= 11 is 0. The highest BCUT2D eigenvalue weighted by Crippen LogP contribution is 2.31. The van der Waals surface area contributed by atoms with Crippen LogP contribution in [0.1, 0.15) is 19.0 Å². The summed E-state index contributed by atoms with van der Waals surface area (Å²) in [4.78, 5) is 14.6. The monoisotopic (exact) mass is 300 g/mol. The molecule has 2 N–H and O–H groups in total. The van der Waals surface area contributed by atoms with Gasteiger partial charge in [0.15, 0.2) is 0 Å². The minimum Gasteiger partial charge on any atom is -0.497 e. The summed E-state index contributed by atoms with van der Waals surface area (Å²) in [6.45, 7) is 2.25. The highest BCUT2D eigenvalue weighted by molar-refractivity contribution is 5.93. The molecule has 0 fully saturated rings. The Morgan fingerprint density at radius 1 is 1.27 bits per heavy atom. The molecular weight excluding hydrogens is 280 g/mol. The third kappa shape index (κ3) is 3.73. The van der Waals surface area contributed by atoms with Crippen LogP contribution in [-0.4, -0.2) is 31.7 Å². The summed E-state index contributed by atoms with van der Waals surface area (Å²) in [6, 6.07) is 5.88. The molecule has 0 aliphatic carbocycles. The molecule has 0 unspecified atom stereocenters. The van der Waals surface area contributed by atoms with Gasteiger partial charge in [-0.3, -0.25) is 4.79 Å². The molecule has 0 radical (unpaired) electrons. The van der Waals surface area contributed by atoms with Crippen molar-refractivity contribution in [2.75, 3.05) is 20.8 Å². The fourth-order valence-electron chi connectivity index (χ4n) is 2.30. The van der Waals surface area contributed by atoms with Gasteiger partial charge in [0.05, 0.1) is 19.7 Å². The van der Waals surface area contributed by atoms with E-state index in [1.807, 2.05) is 12.1 Å². The summed E-state index contributed by atoms with van der Waals surface area (Å²) in [5.74, 6) is 6.33. The number of nitrogens with one attached hydrogen (secondary N) is 2. The highest BCUT2D eigenvalue weighted by atomic mass is 16.5. The first-order chi connectivity index (χ1) is 10.7. The van der Waals surface area contributed by atoms with Crippen LogP contribution in [0, 0.1) is 11.8 Å². The second-order valence-corrected chi connectivity index (χ2v) is 4.82. The van der Waals surface area contributed by atoms with Gasteiger partial charge in [-0.1, -0.05) is 5.92 Å². The zero-order valence-corrected chi connectivity index (χ0v) is 13.1. The summed E-state index contributed by atoms with van der Waals surface area (Å²) in [5.41, 5.74) is 2.07. The molecule has 1 amide bonds. The van der Waals surface area contributed by atoms with E-state index in [0.717, 1.165) is 40.9 Å². The Morgan fingerprint density at radius 2 is 2.09 bits per heavy atom. The number of aromatic nitrogens is 1. The molecule has 0 saturated heterocycles. The van der Waals surface area contributed by atoms with Gasteiger partial charge in [-0.25, -0.2) is 0 Å². The third-order valence-electron chi connectivity index (χ3n) is 3.33. The first-order valence-corrected chi connectivity index (χ1v) is 7.12. The Kier molecular flexibility index (Phi) is 5.31. The number of carbonyl (C=O) groups excluding carboxylic acids is 1. The molecule has 22 heavy (non-hydrogen) atoms. The van der Waals surface area contributed by atoms with Crippen molar-refractivity contribution < 1.29 is 14.3 Å². The SMILES string of the molecule is CC#CC(=O)NCCCc1cc2c(OC)cc(OC)cc2[nH]1. The normalized spacial score (nSPS) is 9.95. The number of amides is 1. The third-order valence-corrected chi connectivity index (χ3v) is 3.33. The lowest BCUT2D eigenvalue weighted by molar-refractivity contribution is -0.115. The highest BCUT2D eigenvalue weighted by Gasteiger charge is 2.09. The van der Waals surface area contributed by atoms with Gasteiger partial charge in [0.2, 0.25) is 0 Å². The molecule has 0 aliphatic rings. The van der Waals surface area contributed by atoms with Crippen LogP contribution in [-0.2, 0) is 11.2 Å². The Hall–Kier alpha value is -2.61. The Bertz CT molecular complexity index is 723. The maximum atomic E-state index is 11.2. The molecule has 5 heteroatoms. The number of carbonyl (C=O) groups is 1. The van der Waals surface area contributed by atoms with Gasteiger partial charge in [0, 0.05) is 29.8 Å². The van der Waals surface area contributed by atoms with Crippen LogP contribution in [0.3, 0.4) is 0 Å². The smallest absolute Gasteiger partial charge is 0.295 e. The predicted molar refractivity (Wildman–Crippen MR) is 86.2 cm³/mol.